The maximum Gasteiger partial charge on any atom is 0.307 e. The van der Waals surface area contributed by atoms with E-state index in [0.29, 0.717) is 23.5 Å². The lowest BCUT2D eigenvalue weighted by Gasteiger charge is -2.57. The van der Waals surface area contributed by atoms with E-state index < -0.39 is 0 Å². The van der Waals surface area contributed by atoms with Crippen LogP contribution >= 0.6 is 0 Å². The summed E-state index contributed by atoms with van der Waals surface area (Å²) in [5.74, 6) is 2.47. The lowest BCUT2D eigenvalue weighted by atomic mass is 9.47. The molecule has 3 fully saturated rings. The number of hydrogen-bond donors (Lipinski definition) is 1. The molecule has 4 heteroatoms. The highest BCUT2D eigenvalue weighted by Crippen LogP contribution is 2.65. The molecule has 25 heavy (non-hydrogen) atoms. The molecule has 0 spiro atoms. The molecule has 3 saturated carbocycles. The summed E-state index contributed by atoms with van der Waals surface area (Å²) in [4.78, 5) is 24.0. The standard InChI is InChI=1S/C21H30O4/c1-13(23)25-18-4-3-10-21(12-22)16-9-11-20(2)15(7-8-19(20)24)14(16)5-6-17(18)21/h14-16,22H,3-12H2,1-2H3/t14-,15-,16-,20-,21-/m0/s1. The predicted molar refractivity (Wildman–Crippen MR) is 93.4 cm³/mol. The van der Waals surface area contributed by atoms with Crippen LogP contribution < -0.4 is 0 Å². The lowest BCUT2D eigenvalue weighted by molar-refractivity contribution is -0.139. The number of fused-ring (bicyclic) bond motifs is 5. The summed E-state index contributed by atoms with van der Waals surface area (Å²) in [5, 5.41) is 10.5. The summed E-state index contributed by atoms with van der Waals surface area (Å²) in [6, 6.07) is 0. The number of rotatable bonds is 2. The van der Waals surface area contributed by atoms with Gasteiger partial charge in [-0.3, -0.25) is 9.59 Å². The Labute approximate surface area is 150 Å². The molecule has 5 atom stereocenters. The Morgan fingerprint density at radius 3 is 2.68 bits per heavy atom. The summed E-state index contributed by atoms with van der Waals surface area (Å²) >= 11 is 0. The maximum atomic E-state index is 12.5. The molecule has 0 bridgehead atoms. The Bertz CT molecular complexity index is 636. The van der Waals surface area contributed by atoms with Crippen LogP contribution in [-0.4, -0.2) is 23.5 Å². The number of aliphatic hydroxyl groups is 1. The fourth-order valence-corrected chi connectivity index (χ4v) is 6.98. The van der Waals surface area contributed by atoms with Crippen LogP contribution in [0.15, 0.2) is 11.3 Å². The molecular formula is C21H30O4. The number of carbonyl (C=O) groups excluding carboxylic acids is 2. The van der Waals surface area contributed by atoms with Gasteiger partial charge in [-0.2, -0.15) is 0 Å². The summed E-state index contributed by atoms with van der Waals surface area (Å²) in [6.07, 6.45) is 8.47. The molecule has 0 aliphatic heterocycles. The minimum Gasteiger partial charge on any atom is -0.431 e. The fourth-order valence-electron chi connectivity index (χ4n) is 6.98. The first kappa shape index (κ1) is 17.3. The van der Waals surface area contributed by atoms with Crippen LogP contribution in [0, 0.1) is 28.6 Å². The van der Waals surface area contributed by atoms with E-state index in [2.05, 4.69) is 6.92 Å². The average molecular weight is 346 g/mol. The van der Waals surface area contributed by atoms with Gasteiger partial charge in [-0.1, -0.05) is 6.92 Å². The van der Waals surface area contributed by atoms with Crippen LogP contribution in [0.3, 0.4) is 0 Å². The molecule has 4 nitrogen and oxygen atoms in total. The molecule has 0 heterocycles. The molecular weight excluding hydrogens is 316 g/mol. The number of esters is 1. The van der Waals surface area contributed by atoms with Gasteiger partial charge in [0, 0.05) is 30.6 Å². The SMILES string of the molecule is CC(=O)OC1=C2CC[C@@H]3[C@H](CC[C@]4(C)C(=O)CC[C@@H]34)[C@@]2(CO)CCC1. The van der Waals surface area contributed by atoms with Crippen molar-refractivity contribution in [2.24, 2.45) is 28.6 Å². The highest BCUT2D eigenvalue weighted by Gasteiger charge is 2.60. The summed E-state index contributed by atoms with van der Waals surface area (Å²) < 4.78 is 5.57. The van der Waals surface area contributed by atoms with Crippen LogP contribution in [0.5, 0.6) is 0 Å². The summed E-state index contributed by atoms with van der Waals surface area (Å²) in [6.45, 7) is 3.79. The number of aliphatic hydroxyl groups excluding tert-OH is 1. The number of allylic oxidation sites excluding steroid dienone is 1. The van der Waals surface area contributed by atoms with Gasteiger partial charge in [0.2, 0.25) is 0 Å². The monoisotopic (exact) mass is 346 g/mol. The maximum absolute atomic E-state index is 12.5. The highest BCUT2D eigenvalue weighted by molar-refractivity contribution is 5.87. The number of Topliss-reactive ketones (excluding diaryl/α,β-unsaturated/α-hetero) is 1. The van der Waals surface area contributed by atoms with Gasteiger partial charge in [-0.25, -0.2) is 0 Å². The van der Waals surface area contributed by atoms with E-state index in [1.807, 2.05) is 0 Å². The van der Waals surface area contributed by atoms with Crippen molar-refractivity contribution in [3.8, 4) is 0 Å². The second-order valence-electron chi connectivity index (χ2n) is 9.00. The van der Waals surface area contributed by atoms with E-state index in [-0.39, 0.29) is 23.4 Å². The third-order valence-electron chi connectivity index (χ3n) is 8.10. The van der Waals surface area contributed by atoms with Crippen molar-refractivity contribution < 1.29 is 19.4 Å². The molecule has 0 aromatic rings. The molecule has 4 aliphatic carbocycles. The predicted octanol–water partition coefficient (Wildman–Crippen LogP) is 3.77. The summed E-state index contributed by atoms with van der Waals surface area (Å²) in [7, 11) is 0. The second-order valence-corrected chi connectivity index (χ2v) is 9.00. The third-order valence-corrected chi connectivity index (χ3v) is 8.10. The number of carbonyl (C=O) groups is 2. The number of ketones is 1. The van der Waals surface area contributed by atoms with E-state index in [4.69, 9.17) is 4.74 Å². The van der Waals surface area contributed by atoms with Crippen molar-refractivity contribution in [3.63, 3.8) is 0 Å². The van der Waals surface area contributed by atoms with E-state index in [0.717, 1.165) is 63.5 Å². The first-order valence-corrected chi connectivity index (χ1v) is 9.97. The molecule has 0 radical (unpaired) electrons. The van der Waals surface area contributed by atoms with Crippen LogP contribution in [0.25, 0.3) is 0 Å². The molecule has 0 unspecified atom stereocenters. The first-order valence-electron chi connectivity index (χ1n) is 9.97. The Hall–Kier alpha value is -1.16. The van der Waals surface area contributed by atoms with Gasteiger partial charge in [0.15, 0.2) is 0 Å². The Morgan fingerprint density at radius 2 is 1.96 bits per heavy atom. The first-order chi connectivity index (χ1) is 11.9. The van der Waals surface area contributed by atoms with E-state index >= 15 is 0 Å². The largest absolute Gasteiger partial charge is 0.431 e. The van der Waals surface area contributed by atoms with Crippen LogP contribution in [0.4, 0.5) is 0 Å². The van der Waals surface area contributed by atoms with Gasteiger partial charge in [-0.15, -0.1) is 0 Å². The summed E-state index contributed by atoms with van der Waals surface area (Å²) in [5.41, 5.74) is 0.858. The molecule has 138 valence electrons. The number of hydrogen-bond acceptors (Lipinski definition) is 4. The van der Waals surface area contributed by atoms with Gasteiger partial charge in [0.25, 0.3) is 0 Å². The molecule has 0 amide bonds. The molecule has 0 aromatic heterocycles. The van der Waals surface area contributed by atoms with Gasteiger partial charge in [-0.05, 0) is 68.3 Å². The van der Waals surface area contributed by atoms with E-state index in [1.54, 1.807) is 0 Å². The molecule has 0 aromatic carbocycles. The molecule has 1 N–H and O–H groups in total. The zero-order valence-electron chi connectivity index (χ0n) is 15.5. The lowest BCUT2D eigenvalue weighted by Crippen LogP contribution is -2.53. The Balaban J connectivity index is 1.72. The van der Waals surface area contributed by atoms with Crippen molar-refractivity contribution in [1.82, 2.24) is 0 Å². The zero-order chi connectivity index (χ0) is 17.8. The molecule has 0 saturated heterocycles. The fraction of sp³-hybridized carbons (Fsp3) is 0.810. The van der Waals surface area contributed by atoms with Crippen LogP contribution in [-0.2, 0) is 14.3 Å². The van der Waals surface area contributed by atoms with Crippen molar-refractivity contribution >= 4 is 11.8 Å². The average Bonchev–Trinajstić information content (AvgIpc) is 2.89. The zero-order valence-corrected chi connectivity index (χ0v) is 15.5. The third kappa shape index (κ3) is 2.36. The van der Waals surface area contributed by atoms with Gasteiger partial charge >= 0.3 is 5.97 Å². The van der Waals surface area contributed by atoms with E-state index in [1.165, 1.54) is 12.5 Å². The van der Waals surface area contributed by atoms with Gasteiger partial charge < -0.3 is 9.84 Å². The Kier molecular flexibility index (Phi) is 4.10. The van der Waals surface area contributed by atoms with Crippen molar-refractivity contribution in [1.29, 1.82) is 0 Å². The van der Waals surface area contributed by atoms with Gasteiger partial charge in [0.1, 0.15) is 11.5 Å². The minimum absolute atomic E-state index is 0.133. The van der Waals surface area contributed by atoms with Crippen molar-refractivity contribution in [2.45, 2.75) is 71.6 Å². The normalized spacial score (nSPS) is 43.3. The van der Waals surface area contributed by atoms with Gasteiger partial charge in [0.05, 0.1) is 6.61 Å². The topological polar surface area (TPSA) is 63.6 Å². The van der Waals surface area contributed by atoms with Crippen LogP contribution in [0.1, 0.15) is 71.6 Å². The van der Waals surface area contributed by atoms with E-state index in [9.17, 15) is 14.7 Å². The van der Waals surface area contributed by atoms with Crippen LogP contribution in [0.2, 0.25) is 0 Å². The smallest absolute Gasteiger partial charge is 0.307 e. The number of ether oxygens (including phenoxy) is 1. The van der Waals surface area contributed by atoms with Crippen molar-refractivity contribution in [3.05, 3.63) is 11.3 Å². The van der Waals surface area contributed by atoms with Crippen molar-refractivity contribution in [2.75, 3.05) is 6.61 Å². The highest BCUT2D eigenvalue weighted by atomic mass is 16.5. The second kappa shape index (κ2) is 5.94. The minimum atomic E-state index is -0.254. The Morgan fingerprint density at radius 1 is 1.16 bits per heavy atom. The quantitative estimate of drug-likeness (QED) is 0.773. The molecule has 4 rings (SSSR count). The molecule has 4 aliphatic rings.